The van der Waals surface area contributed by atoms with E-state index in [0.29, 0.717) is 13.0 Å². The van der Waals surface area contributed by atoms with Gasteiger partial charge in [-0.1, -0.05) is 30.3 Å². The summed E-state index contributed by atoms with van der Waals surface area (Å²) in [6.45, 7) is 0.391. The normalized spacial score (nSPS) is 13.4. The van der Waals surface area contributed by atoms with Crippen molar-refractivity contribution in [2.45, 2.75) is 18.9 Å². The van der Waals surface area contributed by atoms with Crippen molar-refractivity contribution in [1.29, 1.82) is 0 Å². The summed E-state index contributed by atoms with van der Waals surface area (Å²) in [4.78, 5) is 1.60. The van der Waals surface area contributed by atoms with Crippen LogP contribution in [0.1, 0.15) is 18.0 Å². The monoisotopic (exact) mass is 228 g/mol. The highest BCUT2D eigenvalue weighted by Crippen LogP contribution is 2.13. The van der Waals surface area contributed by atoms with Gasteiger partial charge in [0.1, 0.15) is 0 Å². The highest BCUT2D eigenvalue weighted by Gasteiger charge is 2.10. The topological polar surface area (TPSA) is 29.3 Å². The van der Waals surface area contributed by atoms with Crippen LogP contribution in [0.25, 0.3) is 0 Å². The molecular formula is C12H18F2N2. The van der Waals surface area contributed by atoms with Gasteiger partial charge in [-0.15, -0.1) is 0 Å². The number of hydrogen-bond donors (Lipinski definition) is 1. The number of benzene rings is 1. The summed E-state index contributed by atoms with van der Waals surface area (Å²) < 4.78 is 24.1. The van der Waals surface area contributed by atoms with Crippen LogP contribution in [-0.2, 0) is 0 Å². The highest BCUT2D eigenvalue weighted by atomic mass is 19.3. The summed E-state index contributed by atoms with van der Waals surface area (Å²) in [6.07, 6.45) is -1.59. The third-order valence-corrected chi connectivity index (χ3v) is 2.50. The first kappa shape index (κ1) is 13.1. The lowest BCUT2D eigenvalue weighted by Gasteiger charge is -2.19. The smallest absolute Gasteiger partial charge is 0.251 e. The number of nitrogens with zero attached hydrogens (tertiary/aromatic N) is 1. The van der Waals surface area contributed by atoms with Crippen LogP contribution >= 0.6 is 0 Å². The zero-order valence-corrected chi connectivity index (χ0v) is 9.44. The molecule has 1 aromatic rings. The first-order chi connectivity index (χ1) is 7.59. The van der Waals surface area contributed by atoms with Gasteiger partial charge < -0.3 is 10.6 Å². The van der Waals surface area contributed by atoms with Crippen molar-refractivity contribution in [2.75, 3.05) is 20.1 Å². The fraction of sp³-hybridized carbons (Fsp3) is 0.500. The molecular weight excluding hydrogens is 210 g/mol. The molecule has 1 rings (SSSR count). The SMILES string of the molecule is CN(CCC(N)c1ccccc1)CC(F)F. The highest BCUT2D eigenvalue weighted by molar-refractivity contribution is 5.18. The summed E-state index contributed by atoms with van der Waals surface area (Å²) in [5, 5.41) is 0. The van der Waals surface area contributed by atoms with Crippen LogP contribution in [0.2, 0.25) is 0 Å². The van der Waals surface area contributed by atoms with Crippen molar-refractivity contribution in [3.05, 3.63) is 35.9 Å². The first-order valence-corrected chi connectivity index (χ1v) is 5.37. The molecule has 0 amide bonds. The van der Waals surface area contributed by atoms with Crippen LogP contribution in [0.5, 0.6) is 0 Å². The van der Waals surface area contributed by atoms with Crippen LogP contribution in [0.3, 0.4) is 0 Å². The summed E-state index contributed by atoms with van der Waals surface area (Å²) >= 11 is 0. The number of nitrogens with two attached hydrogens (primary N) is 1. The molecule has 0 fully saturated rings. The van der Waals surface area contributed by atoms with Gasteiger partial charge >= 0.3 is 0 Å². The van der Waals surface area contributed by atoms with Gasteiger partial charge in [-0.3, -0.25) is 0 Å². The molecule has 2 N–H and O–H groups in total. The van der Waals surface area contributed by atoms with Crippen molar-refractivity contribution in [3.63, 3.8) is 0 Å². The predicted molar refractivity (Wildman–Crippen MR) is 61.5 cm³/mol. The molecule has 2 nitrogen and oxygen atoms in total. The standard InChI is InChI=1S/C12H18F2N2/c1-16(9-12(13)14)8-7-11(15)10-5-3-2-4-6-10/h2-6,11-12H,7-9,15H2,1H3. The third kappa shape index (κ3) is 4.68. The van der Waals surface area contributed by atoms with Gasteiger partial charge in [0.05, 0.1) is 6.54 Å². The second-order valence-corrected chi connectivity index (χ2v) is 3.96. The number of halogens is 2. The van der Waals surface area contributed by atoms with Gasteiger partial charge in [0.25, 0.3) is 6.43 Å². The first-order valence-electron chi connectivity index (χ1n) is 5.37. The summed E-state index contributed by atoms with van der Waals surface area (Å²) in [5.74, 6) is 0. The second-order valence-electron chi connectivity index (χ2n) is 3.96. The molecule has 0 heterocycles. The van der Waals surface area contributed by atoms with E-state index in [9.17, 15) is 8.78 Å². The van der Waals surface area contributed by atoms with Crippen molar-refractivity contribution in [3.8, 4) is 0 Å². The van der Waals surface area contributed by atoms with E-state index in [1.807, 2.05) is 30.3 Å². The minimum absolute atomic E-state index is 0.0821. The molecule has 0 saturated carbocycles. The van der Waals surface area contributed by atoms with Gasteiger partial charge in [0.15, 0.2) is 0 Å². The van der Waals surface area contributed by atoms with Gasteiger partial charge in [0.2, 0.25) is 0 Å². The Morgan fingerprint density at radius 2 is 1.88 bits per heavy atom. The summed E-state index contributed by atoms with van der Waals surface area (Å²) in [6, 6.07) is 9.62. The Morgan fingerprint density at radius 1 is 1.25 bits per heavy atom. The van der Waals surface area contributed by atoms with Gasteiger partial charge in [-0.25, -0.2) is 8.78 Å². The maximum Gasteiger partial charge on any atom is 0.251 e. The van der Waals surface area contributed by atoms with Crippen LogP contribution in [0, 0.1) is 0 Å². The lowest BCUT2D eigenvalue weighted by molar-refractivity contribution is 0.0990. The minimum atomic E-state index is -2.28. The number of alkyl halides is 2. The minimum Gasteiger partial charge on any atom is -0.324 e. The van der Waals surface area contributed by atoms with Crippen LogP contribution < -0.4 is 5.73 Å². The van der Waals surface area contributed by atoms with Gasteiger partial charge in [0, 0.05) is 6.04 Å². The van der Waals surface area contributed by atoms with Gasteiger partial charge in [-0.2, -0.15) is 0 Å². The van der Waals surface area contributed by atoms with Crippen molar-refractivity contribution in [1.82, 2.24) is 4.90 Å². The second kappa shape index (κ2) is 6.55. The quantitative estimate of drug-likeness (QED) is 0.809. The molecule has 0 aliphatic rings. The molecule has 1 atom stereocenters. The van der Waals surface area contributed by atoms with E-state index in [-0.39, 0.29) is 12.6 Å². The van der Waals surface area contributed by atoms with E-state index in [0.717, 1.165) is 5.56 Å². The lowest BCUT2D eigenvalue weighted by Crippen LogP contribution is -2.28. The Labute approximate surface area is 95.1 Å². The van der Waals surface area contributed by atoms with Crippen molar-refractivity contribution in [2.24, 2.45) is 5.73 Å². The Hall–Kier alpha value is -1.00. The van der Waals surface area contributed by atoms with E-state index in [1.54, 1.807) is 11.9 Å². The summed E-state index contributed by atoms with van der Waals surface area (Å²) in [7, 11) is 1.68. The van der Waals surface area contributed by atoms with E-state index in [4.69, 9.17) is 5.73 Å². The number of hydrogen-bond acceptors (Lipinski definition) is 2. The lowest BCUT2D eigenvalue weighted by atomic mass is 10.0. The summed E-state index contributed by atoms with van der Waals surface area (Å²) in [5.41, 5.74) is 7.01. The molecule has 0 spiro atoms. The van der Waals surface area contributed by atoms with Crippen molar-refractivity contribution >= 4 is 0 Å². The fourth-order valence-electron chi connectivity index (χ4n) is 1.55. The van der Waals surface area contributed by atoms with E-state index in [2.05, 4.69) is 0 Å². The average Bonchev–Trinajstić information content (AvgIpc) is 2.26. The van der Waals surface area contributed by atoms with Crippen molar-refractivity contribution < 1.29 is 8.78 Å². The predicted octanol–water partition coefficient (Wildman–Crippen LogP) is 2.27. The zero-order chi connectivity index (χ0) is 12.0. The largest absolute Gasteiger partial charge is 0.324 e. The Bertz CT molecular complexity index is 290. The Balaban J connectivity index is 2.33. The molecule has 1 unspecified atom stereocenters. The van der Waals surface area contributed by atoms with Gasteiger partial charge in [-0.05, 0) is 25.6 Å². The molecule has 0 saturated heterocycles. The van der Waals surface area contributed by atoms with Crippen LogP contribution in [0.4, 0.5) is 8.78 Å². The fourth-order valence-corrected chi connectivity index (χ4v) is 1.55. The molecule has 1 aromatic carbocycles. The molecule has 0 aliphatic carbocycles. The molecule has 90 valence electrons. The number of rotatable bonds is 6. The average molecular weight is 228 g/mol. The van der Waals surface area contributed by atoms with E-state index in [1.165, 1.54) is 0 Å². The molecule has 4 heteroatoms. The Kier molecular flexibility index (Phi) is 5.35. The maximum atomic E-state index is 12.1. The Morgan fingerprint density at radius 3 is 2.44 bits per heavy atom. The molecule has 0 aliphatic heterocycles. The molecule has 0 bridgehead atoms. The van der Waals surface area contributed by atoms with Crippen LogP contribution in [0.15, 0.2) is 30.3 Å². The van der Waals surface area contributed by atoms with E-state index < -0.39 is 6.43 Å². The molecule has 0 radical (unpaired) electrons. The van der Waals surface area contributed by atoms with Crippen LogP contribution in [-0.4, -0.2) is 31.5 Å². The molecule has 16 heavy (non-hydrogen) atoms. The maximum absolute atomic E-state index is 12.1. The zero-order valence-electron chi connectivity index (χ0n) is 9.44. The van der Waals surface area contributed by atoms with E-state index >= 15 is 0 Å². The third-order valence-electron chi connectivity index (χ3n) is 2.50. The molecule has 0 aromatic heterocycles.